The molecule has 0 unspecified atom stereocenters. The Morgan fingerprint density at radius 2 is 2.00 bits per heavy atom. The Morgan fingerprint density at radius 3 is 2.57 bits per heavy atom. The number of hydrogen-bond donors (Lipinski definition) is 1. The maximum absolute atomic E-state index is 13.9. The number of benzene rings is 1. The summed E-state index contributed by atoms with van der Waals surface area (Å²) in [6.07, 6.45) is -4.33. The van der Waals surface area contributed by atoms with Gasteiger partial charge in [-0.3, -0.25) is 0 Å². The highest BCUT2D eigenvalue weighted by molar-refractivity contribution is 5.54. The van der Waals surface area contributed by atoms with Crippen molar-refractivity contribution in [3.05, 3.63) is 29.6 Å². The van der Waals surface area contributed by atoms with Crippen LogP contribution in [-0.4, -0.2) is 39.5 Å². The lowest BCUT2D eigenvalue weighted by atomic mass is 10.1. The minimum Gasteiger partial charge on any atom is -0.383 e. The van der Waals surface area contributed by atoms with Gasteiger partial charge in [0, 0.05) is 38.0 Å². The van der Waals surface area contributed by atoms with Gasteiger partial charge in [0.2, 0.25) is 0 Å². The van der Waals surface area contributed by atoms with Gasteiger partial charge in [0.15, 0.2) is 0 Å². The molecule has 7 heteroatoms. The van der Waals surface area contributed by atoms with Gasteiger partial charge in [-0.1, -0.05) is 6.07 Å². The molecule has 0 fully saturated rings. The summed E-state index contributed by atoms with van der Waals surface area (Å²) in [4.78, 5) is 1.12. The molecule has 1 rings (SSSR count). The molecule has 0 amide bonds. The van der Waals surface area contributed by atoms with E-state index >= 15 is 0 Å². The Morgan fingerprint density at radius 1 is 1.29 bits per heavy atom. The molecule has 0 aromatic heterocycles. The number of anilines is 1. The molecule has 0 heterocycles. The molecule has 0 saturated heterocycles. The molecular weight excluding hydrogens is 288 g/mol. The smallest absolute Gasteiger partial charge is 0.383 e. The first kappa shape index (κ1) is 17.7. The molecule has 3 nitrogen and oxygen atoms in total. The third kappa shape index (κ3) is 5.89. The Hall–Kier alpha value is -1.34. The summed E-state index contributed by atoms with van der Waals surface area (Å²) in [5, 5.41) is 2.95. The van der Waals surface area contributed by atoms with E-state index in [1.807, 2.05) is 0 Å². The highest BCUT2D eigenvalue weighted by Gasteiger charge is 2.31. The van der Waals surface area contributed by atoms with Crippen LogP contribution in [0, 0.1) is 5.82 Å². The molecule has 0 atom stereocenters. The standard InChI is InChI=1S/C14H20F4N2O/c1-3-20(10-14(16,17)18)13-6-4-5-12(15)11(13)9-19-7-8-21-2/h4-6,19H,3,7-10H2,1-2H3. The first-order chi connectivity index (χ1) is 9.89. The zero-order chi connectivity index (χ0) is 15.9. The van der Waals surface area contributed by atoms with Crippen molar-refractivity contribution >= 4 is 5.69 Å². The molecular formula is C14H20F4N2O. The van der Waals surface area contributed by atoms with E-state index in [-0.39, 0.29) is 24.3 Å². The number of rotatable bonds is 8. The van der Waals surface area contributed by atoms with Crippen LogP contribution in [0.2, 0.25) is 0 Å². The van der Waals surface area contributed by atoms with Crippen molar-refractivity contribution in [1.29, 1.82) is 0 Å². The summed E-state index contributed by atoms with van der Waals surface area (Å²) < 4.78 is 56.6. The third-order valence-corrected chi connectivity index (χ3v) is 2.97. The van der Waals surface area contributed by atoms with Gasteiger partial charge < -0.3 is 15.0 Å². The van der Waals surface area contributed by atoms with E-state index in [1.54, 1.807) is 14.0 Å². The third-order valence-electron chi connectivity index (χ3n) is 2.97. The number of methoxy groups -OCH3 is 1. The van der Waals surface area contributed by atoms with E-state index in [1.165, 1.54) is 18.2 Å². The first-order valence-electron chi connectivity index (χ1n) is 6.67. The average molecular weight is 308 g/mol. The van der Waals surface area contributed by atoms with Gasteiger partial charge in [-0.15, -0.1) is 0 Å². The van der Waals surface area contributed by atoms with Gasteiger partial charge in [-0.25, -0.2) is 4.39 Å². The normalized spacial score (nSPS) is 11.7. The quantitative estimate of drug-likeness (QED) is 0.590. The van der Waals surface area contributed by atoms with E-state index in [0.29, 0.717) is 13.2 Å². The largest absolute Gasteiger partial charge is 0.405 e. The van der Waals surface area contributed by atoms with Crippen molar-refractivity contribution in [2.45, 2.75) is 19.6 Å². The summed E-state index contributed by atoms with van der Waals surface area (Å²) in [5.74, 6) is -0.516. The van der Waals surface area contributed by atoms with Crippen molar-refractivity contribution in [1.82, 2.24) is 5.32 Å². The summed E-state index contributed by atoms with van der Waals surface area (Å²) >= 11 is 0. The molecule has 0 spiro atoms. The predicted octanol–water partition coefficient (Wildman–Crippen LogP) is 2.95. The molecule has 1 N–H and O–H groups in total. The topological polar surface area (TPSA) is 24.5 Å². The molecule has 1 aromatic rings. The number of hydrogen-bond acceptors (Lipinski definition) is 3. The lowest BCUT2D eigenvalue weighted by Gasteiger charge is -2.27. The molecule has 0 bridgehead atoms. The first-order valence-corrected chi connectivity index (χ1v) is 6.67. The van der Waals surface area contributed by atoms with E-state index in [0.717, 1.165) is 4.90 Å². The SMILES string of the molecule is CCN(CC(F)(F)F)c1cccc(F)c1CNCCOC. The lowest BCUT2D eigenvalue weighted by molar-refractivity contribution is -0.119. The fraction of sp³-hybridized carbons (Fsp3) is 0.571. The fourth-order valence-corrected chi connectivity index (χ4v) is 1.99. The van der Waals surface area contributed by atoms with Crippen LogP contribution in [0.15, 0.2) is 18.2 Å². The molecule has 21 heavy (non-hydrogen) atoms. The van der Waals surface area contributed by atoms with Crippen molar-refractivity contribution in [2.24, 2.45) is 0 Å². The zero-order valence-corrected chi connectivity index (χ0v) is 12.1. The molecule has 120 valence electrons. The van der Waals surface area contributed by atoms with Crippen LogP contribution in [-0.2, 0) is 11.3 Å². The molecule has 0 aliphatic heterocycles. The average Bonchev–Trinajstić information content (AvgIpc) is 2.41. The Kier molecular flexibility index (Phi) is 6.91. The second-order valence-electron chi connectivity index (χ2n) is 4.54. The summed E-state index contributed by atoms with van der Waals surface area (Å²) in [6.45, 7) is 1.75. The van der Waals surface area contributed by atoms with E-state index < -0.39 is 18.5 Å². The molecule has 0 aliphatic carbocycles. The van der Waals surface area contributed by atoms with Crippen LogP contribution in [0.3, 0.4) is 0 Å². The highest BCUT2D eigenvalue weighted by Crippen LogP contribution is 2.26. The molecule has 1 aromatic carbocycles. The number of ether oxygens (including phenoxy) is 1. The Bertz CT molecular complexity index is 437. The highest BCUT2D eigenvalue weighted by atomic mass is 19.4. The van der Waals surface area contributed by atoms with Crippen LogP contribution in [0.5, 0.6) is 0 Å². The van der Waals surface area contributed by atoms with Crippen molar-refractivity contribution in [3.8, 4) is 0 Å². The number of nitrogens with zero attached hydrogens (tertiary/aromatic N) is 1. The Labute approximate surface area is 121 Å². The lowest BCUT2D eigenvalue weighted by Crippen LogP contribution is -2.35. The fourth-order valence-electron chi connectivity index (χ4n) is 1.99. The van der Waals surface area contributed by atoms with Crippen molar-refractivity contribution < 1.29 is 22.3 Å². The number of halogens is 4. The summed E-state index contributed by atoms with van der Waals surface area (Å²) in [6, 6.07) is 4.17. The Balaban J connectivity index is 2.91. The number of nitrogens with one attached hydrogen (secondary N) is 1. The van der Waals surface area contributed by atoms with Gasteiger partial charge in [-0.2, -0.15) is 13.2 Å². The molecule has 0 saturated carbocycles. The predicted molar refractivity (Wildman–Crippen MR) is 73.9 cm³/mol. The minimum absolute atomic E-state index is 0.147. The van der Waals surface area contributed by atoms with Gasteiger partial charge in [0.05, 0.1) is 6.61 Å². The zero-order valence-electron chi connectivity index (χ0n) is 12.1. The van der Waals surface area contributed by atoms with Crippen molar-refractivity contribution in [2.75, 3.05) is 38.3 Å². The van der Waals surface area contributed by atoms with Crippen LogP contribution >= 0.6 is 0 Å². The van der Waals surface area contributed by atoms with E-state index in [9.17, 15) is 17.6 Å². The van der Waals surface area contributed by atoms with Crippen LogP contribution < -0.4 is 10.2 Å². The molecule has 0 aliphatic rings. The van der Waals surface area contributed by atoms with Crippen LogP contribution in [0.1, 0.15) is 12.5 Å². The second kappa shape index (κ2) is 8.19. The monoisotopic (exact) mass is 308 g/mol. The van der Waals surface area contributed by atoms with E-state index in [2.05, 4.69) is 5.32 Å². The maximum Gasteiger partial charge on any atom is 0.405 e. The van der Waals surface area contributed by atoms with Crippen molar-refractivity contribution in [3.63, 3.8) is 0 Å². The van der Waals surface area contributed by atoms with Crippen LogP contribution in [0.4, 0.5) is 23.2 Å². The van der Waals surface area contributed by atoms with Gasteiger partial charge in [0.25, 0.3) is 0 Å². The summed E-state index contributed by atoms with van der Waals surface area (Å²) in [7, 11) is 1.54. The number of alkyl halides is 3. The maximum atomic E-state index is 13.9. The van der Waals surface area contributed by atoms with Gasteiger partial charge in [0.1, 0.15) is 12.4 Å². The summed E-state index contributed by atoms with van der Waals surface area (Å²) in [5.41, 5.74) is 0.499. The van der Waals surface area contributed by atoms with Crippen LogP contribution in [0.25, 0.3) is 0 Å². The minimum atomic E-state index is -4.33. The van der Waals surface area contributed by atoms with Gasteiger partial charge in [-0.05, 0) is 19.1 Å². The molecule has 0 radical (unpaired) electrons. The van der Waals surface area contributed by atoms with Gasteiger partial charge >= 0.3 is 6.18 Å². The second-order valence-corrected chi connectivity index (χ2v) is 4.54. The van der Waals surface area contributed by atoms with E-state index in [4.69, 9.17) is 4.74 Å².